The second-order valence-electron chi connectivity index (χ2n) is 3.90. The van der Waals surface area contributed by atoms with E-state index < -0.39 is 0 Å². The summed E-state index contributed by atoms with van der Waals surface area (Å²) in [5.41, 5.74) is 0. The van der Waals surface area contributed by atoms with Gasteiger partial charge >= 0.3 is 5.97 Å². The van der Waals surface area contributed by atoms with Gasteiger partial charge in [-0.1, -0.05) is 45.3 Å². The van der Waals surface area contributed by atoms with E-state index in [0.717, 1.165) is 31.4 Å². The summed E-state index contributed by atoms with van der Waals surface area (Å²) in [4.78, 5) is 10.9. The maximum atomic E-state index is 10.9. The molecule has 2 heteroatoms. The van der Waals surface area contributed by atoms with Crippen LogP contribution in [0.5, 0.6) is 0 Å². The van der Waals surface area contributed by atoms with Gasteiger partial charge in [-0.2, -0.15) is 0 Å². The van der Waals surface area contributed by atoms with Crippen LogP contribution in [0.2, 0.25) is 0 Å². The molecule has 0 aromatic carbocycles. The molecular weight excluding hydrogens is 200 g/mol. The molecule has 0 fully saturated rings. The van der Waals surface area contributed by atoms with Crippen LogP contribution < -0.4 is 0 Å². The number of carbonyl (C=O) groups excluding carboxylic acids is 1. The first-order valence-electron chi connectivity index (χ1n) is 6.24. The van der Waals surface area contributed by atoms with E-state index in [-0.39, 0.29) is 5.97 Å². The van der Waals surface area contributed by atoms with Crippen LogP contribution in [0.3, 0.4) is 0 Å². The lowest BCUT2D eigenvalue weighted by Crippen LogP contribution is -1.98. The Kier molecular flexibility index (Phi) is 9.78. The van der Waals surface area contributed by atoms with Gasteiger partial charge in [0.15, 0.2) is 0 Å². The smallest absolute Gasteiger partial charge is 0.307 e. The molecule has 0 heterocycles. The van der Waals surface area contributed by atoms with E-state index in [2.05, 4.69) is 19.9 Å². The Morgan fingerprint density at radius 3 is 2.44 bits per heavy atom. The van der Waals surface area contributed by atoms with Gasteiger partial charge in [-0.25, -0.2) is 0 Å². The van der Waals surface area contributed by atoms with E-state index in [9.17, 15) is 4.79 Å². The number of esters is 1. The van der Waals surface area contributed by atoms with E-state index >= 15 is 0 Å². The predicted octanol–water partition coefficient (Wildman–Crippen LogP) is 4.37. The third kappa shape index (κ3) is 9.50. The highest BCUT2D eigenvalue weighted by atomic mass is 16.5. The molecule has 0 aliphatic rings. The van der Waals surface area contributed by atoms with Crippen LogP contribution >= 0.6 is 0 Å². The number of ether oxygens (including phenoxy) is 1. The summed E-state index contributed by atoms with van der Waals surface area (Å²) in [6, 6.07) is 0. The van der Waals surface area contributed by atoms with Gasteiger partial charge < -0.3 is 4.74 Å². The average Bonchev–Trinajstić information content (AvgIpc) is 2.24. The van der Waals surface area contributed by atoms with Gasteiger partial charge in [0, 0.05) is 13.3 Å². The average molecular weight is 224 g/mol. The molecule has 0 atom stereocenters. The van der Waals surface area contributed by atoms with Crippen molar-refractivity contribution in [1.82, 2.24) is 0 Å². The second kappa shape index (κ2) is 10.5. The van der Waals surface area contributed by atoms with Crippen molar-refractivity contribution in [1.29, 1.82) is 0 Å². The minimum absolute atomic E-state index is 0.232. The molecule has 0 aromatic heterocycles. The van der Waals surface area contributed by atoms with E-state index in [1.165, 1.54) is 19.8 Å². The van der Waals surface area contributed by atoms with E-state index in [1.807, 2.05) is 12.2 Å². The lowest BCUT2D eigenvalue weighted by atomic mass is 10.2. The fourth-order valence-electron chi connectivity index (χ4n) is 1.30. The number of unbranched alkanes of at least 4 members (excludes halogenated alkanes) is 3. The van der Waals surface area contributed by atoms with Crippen molar-refractivity contribution in [2.24, 2.45) is 0 Å². The van der Waals surface area contributed by atoms with Crippen LogP contribution in [0.25, 0.3) is 0 Å². The Morgan fingerprint density at radius 2 is 1.88 bits per heavy atom. The molecule has 0 aliphatic heterocycles. The Bertz CT molecular complexity index is 239. The molecule has 2 nitrogen and oxygen atoms in total. The number of hydrogen-bond acceptors (Lipinski definition) is 2. The summed E-state index contributed by atoms with van der Waals surface area (Å²) in [5.74, 6) is 0.548. The third-order valence-corrected chi connectivity index (χ3v) is 2.19. The molecule has 0 aromatic rings. The molecule has 0 N–H and O–H groups in total. The fourth-order valence-corrected chi connectivity index (χ4v) is 1.30. The van der Waals surface area contributed by atoms with Crippen molar-refractivity contribution < 1.29 is 9.53 Å². The molecule has 16 heavy (non-hydrogen) atoms. The minimum atomic E-state index is -0.232. The van der Waals surface area contributed by atoms with Crippen LogP contribution in [0.1, 0.15) is 59.3 Å². The van der Waals surface area contributed by atoms with E-state index in [4.69, 9.17) is 4.74 Å². The number of hydrogen-bond donors (Lipinski definition) is 0. The summed E-state index contributed by atoms with van der Waals surface area (Å²) in [5, 5.41) is 0. The highest BCUT2D eigenvalue weighted by Crippen LogP contribution is 2.09. The Morgan fingerprint density at radius 1 is 1.19 bits per heavy atom. The molecule has 0 spiro atoms. The fraction of sp³-hybridized carbons (Fsp3) is 0.643. The number of carbonyl (C=O) groups is 1. The van der Waals surface area contributed by atoms with Crippen molar-refractivity contribution in [3.05, 3.63) is 24.0 Å². The van der Waals surface area contributed by atoms with Crippen LogP contribution in [-0.4, -0.2) is 5.97 Å². The molecule has 0 radical (unpaired) electrons. The van der Waals surface area contributed by atoms with Crippen LogP contribution in [0, 0.1) is 0 Å². The molecule has 0 saturated carbocycles. The molecule has 0 saturated heterocycles. The standard InChI is InChI=1S/C14H24O2/c1-4-6-8-9-10-12-14(11-7-5-2)16-13(3)15/h9-10,12H,4-8,11H2,1-3H3/b10-9?,14-12-. The van der Waals surface area contributed by atoms with Crippen molar-refractivity contribution in [2.75, 3.05) is 0 Å². The Hall–Kier alpha value is -1.05. The normalized spacial score (nSPS) is 12.1. The van der Waals surface area contributed by atoms with Gasteiger partial charge in [0.2, 0.25) is 0 Å². The molecule has 92 valence electrons. The largest absolute Gasteiger partial charge is 0.431 e. The zero-order valence-electron chi connectivity index (χ0n) is 10.8. The highest BCUT2D eigenvalue weighted by Gasteiger charge is 2.00. The summed E-state index contributed by atoms with van der Waals surface area (Å²) < 4.78 is 5.13. The first-order valence-corrected chi connectivity index (χ1v) is 6.24. The van der Waals surface area contributed by atoms with Gasteiger partial charge in [-0.3, -0.25) is 4.79 Å². The van der Waals surface area contributed by atoms with Gasteiger partial charge in [0.05, 0.1) is 0 Å². The van der Waals surface area contributed by atoms with Gasteiger partial charge in [0.1, 0.15) is 5.76 Å². The quantitative estimate of drug-likeness (QED) is 0.265. The summed E-state index contributed by atoms with van der Waals surface area (Å²) >= 11 is 0. The van der Waals surface area contributed by atoms with E-state index in [0.29, 0.717) is 0 Å². The second-order valence-corrected chi connectivity index (χ2v) is 3.90. The van der Waals surface area contributed by atoms with Crippen molar-refractivity contribution >= 4 is 5.97 Å². The SMILES string of the molecule is CCCCC=C/C=C(/CCCC)OC(C)=O. The van der Waals surface area contributed by atoms with Crippen molar-refractivity contribution in [3.63, 3.8) is 0 Å². The van der Waals surface area contributed by atoms with Crippen molar-refractivity contribution in [3.8, 4) is 0 Å². The minimum Gasteiger partial charge on any atom is -0.431 e. The molecule has 0 amide bonds. The topological polar surface area (TPSA) is 26.3 Å². The van der Waals surface area contributed by atoms with Gasteiger partial charge in [0.25, 0.3) is 0 Å². The number of rotatable bonds is 8. The predicted molar refractivity (Wildman–Crippen MR) is 68.0 cm³/mol. The van der Waals surface area contributed by atoms with Crippen LogP contribution in [0.15, 0.2) is 24.0 Å². The maximum absolute atomic E-state index is 10.9. The molecule has 0 bridgehead atoms. The molecule has 0 rings (SSSR count). The summed E-state index contributed by atoms with van der Waals surface area (Å²) in [7, 11) is 0. The Labute approximate surface area is 99.4 Å². The molecule has 0 aliphatic carbocycles. The van der Waals surface area contributed by atoms with Gasteiger partial charge in [-0.05, 0) is 18.9 Å². The zero-order chi connectivity index (χ0) is 12.2. The first-order chi connectivity index (χ1) is 7.70. The van der Waals surface area contributed by atoms with Gasteiger partial charge in [-0.15, -0.1) is 0 Å². The number of allylic oxidation sites excluding steroid dienone is 4. The van der Waals surface area contributed by atoms with E-state index in [1.54, 1.807) is 0 Å². The molecular formula is C14H24O2. The monoisotopic (exact) mass is 224 g/mol. The zero-order valence-corrected chi connectivity index (χ0v) is 10.8. The third-order valence-electron chi connectivity index (χ3n) is 2.19. The summed E-state index contributed by atoms with van der Waals surface area (Å²) in [6.45, 7) is 5.75. The van der Waals surface area contributed by atoms with Crippen molar-refractivity contribution in [2.45, 2.75) is 59.3 Å². The highest BCUT2D eigenvalue weighted by molar-refractivity contribution is 5.67. The lowest BCUT2D eigenvalue weighted by molar-refractivity contribution is -0.137. The first kappa shape index (κ1) is 14.9. The summed E-state index contributed by atoms with van der Waals surface area (Å²) in [6.07, 6.45) is 12.5. The lowest BCUT2D eigenvalue weighted by Gasteiger charge is -2.04. The maximum Gasteiger partial charge on any atom is 0.307 e. The molecule has 0 unspecified atom stereocenters. The van der Waals surface area contributed by atoms with Crippen LogP contribution in [0.4, 0.5) is 0 Å². The Balaban J connectivity index is 4.09. The van der Waals surface area contributed by atoms with Crippen LogP contribution in [-0.2, 0) is 9.53 Å².